The van der Waals surface area contributed by atoms with Crippen molar-refractivity contribution in [2.75, 3.05) is 31.1 Å². The molecular weight excluding hydrogens is 335 g/mol. The first-order valence-electron chi connectivity index (χ1n) is 9.51. The molecule has 0 unspecified atom stereocenters. The number of hydrogen-bond donors (Lipinski definition) is 0. The van der Waals surface area contributed by atoms with Crippen LogP contribution in [0.4, 0.5) is 14.9 Å². The maximum atomic E-state index is 13.7. The normalized spacial score (nSPS) is 18.9. The molecule has 0 bridgehead atoms. The topological polar surface area (TPSA) is 42.0 Å². The molecule has 2 aliphatic heterocycles. The van der Waals surface area contributed by atoms with E-state index in [1.165, 1.54) is 6.07 Å². The van der Waals surface area contributed by atoms with Gasteiger partial charge >= 0.3 is 6.09 Å². The van der Waals surface area contributed by atoms with Crippen molar-refractivity contribution in [1.29, 1.82) is 0 Å². The molecule has 0 radical (unpaired) electrons. The summed E-state index contributed by atoms with van der Waals surface area (Å²) in [4.78, 5) is 16.1. The summed E-state index contributed by atoms with van der Waals surface area (Å²) in [6.07, 6.45) is 3.51. The number of nitrogens with zero attached hydrogens (tertiary/aromatic N) is 2. The Kier molecular flexibility index (Phi) is 5.58. The zero-order chi connectivity index (χ0) is 18.7. The molecule has 0 N–H and O–H groups in total. The molecule has 6 heteroatoms. The molecular formula is C20H29FN2O3. The number of anilines is 1. The van der Waals surface area contributed by atoms with E-state index in [4.69, 9.17) is 9.47 Å². The van der Waals surface area contributed by atoms with Gasteiger partial charge in [0.1, 0.15) is 23.3 Å². The van der Waals surface area contributed by atoms with Crippen LogP contribution in [-0.2, 0) is 4.74 Å². The third-order valence-electron chi connectivity index (χ3n) is 4.76. The zero-order valence-electron chi connectivity index (χ0n) is 16.0. The number of hydrogen-bond acceptors (Lipinski definition) is 4. The number of benzene rings is 1. The molecule has 1 aromatic carbocycles. The first-order chi connectivity index (χ1) is 12.3. The van der Waals surface area contributed by atoms with E-state index in [1.807, 2.05) is 20.8 Å². The van der Waals surface area contributed by atoms with Gasteiger partial charge in [-0.1, -0.05) is 0 Å². The fourth-order valence-electron chi connectivity index (χ4n) is 3.46. The fourth-order valence-corrected chi connectivity index (χ4v) is 3.46. The van der Waals surface area contributed by atoms with Crippen LogP contribution in [0.5, 0.6) is 5.75 Å². The lowest BCUT2D eigenvalue weighted by molar-refractivity contribution is 0.0127. The average Bonchev–Trinajstić information content (AvgIpc) is 3.10. The van der Waals surface area contributed by atoms with Crippen LogP contribution in [0, 0.1) is 5.82 Å². The van der Waals surface area contributed by atoms with Gasteiger partial charge in [0, 0.05) is 45.1 Å². The van der Waals surface area contributed by atoms with Gasteiger partial charge in [-0.15, -0.1) is 0 Å². The number of halogens is 1. The van der Waals surface area contributed by atoms with Crippen LogP contribution in [0.2, 0.25) is 0 Å². The van der Waals surface area contributed by atoms with Crippen molar-refractivity contribution in [2.45, 2.75) is 58.2 Å². The van der Waals surface area contributed by atoms with Gasteiger partial charge in [0.05, 0.1) is 5.69 Å². The Morgan fingerprint density at radius 3 is 2.38 bits per heavy atom. The van der Waals surface area contributed by atoms with Gasteiger partial charge < -0.3 is 19.3 Å². The second-order valence-corrected chi connectivity index (χ2v) is 8.09. The quantitative estimate of drug-likeness (QED) is 0.806. The molecule has 0 aromatic heterocycles. The lowest BCUT2D eigenvalue weighted by Crippen LogP contribution is -2.44. The van der Waals surface area contributed by atoms with Gasteiger partial charge in [0.15, 0.2) is 0 Å². The lowest BCUT2D eigenvalue weighted by Gasteiger charge is -2.34. The predicted molar refractivity (Wildman–Crippen MR) is 99.3 cm³/mol. The third-order valence-corrected chi connectivity index (χ3v) is 4.76. The second kappa shape index (κ2) is 7.72. The van der Waals surface area contributed by atoms with Crippen molar-refractivity contribution in [1.82, 2.24) is 4.90 Å². The van der Waals surface area contributed by atoms with Crippen LogP contribution in [0.3, 0.4) is 0 Å². The van der Waals surface area contributed by atoms with E-state index in [0.717, 1.165) is 50.2 Å². The van der Waals surface area contributed by atoms with E-state index in [1.54, 1.807) is 17.0 Å². The minimum Gasteiger partial charge on any atom is -0.488 e. The van der Waals surface area contributed by atoms with E-state index in [-0.39, 0.29) is 18.0 Å². The fraction of sp³-hybridized carbons (Fsp3) is 0.650. The molecule has 0 spiro atoms. The number of carbonyl (C=O) groups excluding carboxylic acids is 1. The van der Waals surface area contributed by atoms with Crippen molar-refractivity contribution in [2.24, 2.45) is 0 Å². The molecule has 144 valence electrons. The van der Waals surface area contributed by atoms with Gasteiger partial charge in [0.2, 0.25) is 0 Å². The molecule has 2 aliphatic rings. The molecule has 0 aliphatic carbocycles. The summed E-state index contributed by atoms with van der Waals surface area (Å²) in [6, 6.07) is 4.74. The standard InChI is InChI=1S/C20H29FN2O3/c1-20(2,3)26-19(24)23-12-8-16(9-13-23)25-18-7-6-15(21)14-17(18)22-10-4-5-11-22/h6-7,14,16H,4-5,8-13H2,1-3H3. The molecule has 1 amide bonds. The van der Waals surface area contributed by atoms with Crippen molar-refractivity contribution in [3.8, 4) is 5.75 Å². The highest BCUT2D eigenvalue weighted by atomic mass is 19.1. The maximum Gasteiger partial charge on any atom is 0.410 e. The molecule has 5 nitrogen and oxygen atoms in total. The highest BCUT2D eigenvalue weighted by molar-refractivity contribution is 5.68. The van der Waals surface area contributed by atoms with Crippen LogP contribution in [0.1, 0.15) is 46.5 Å². The number of likely N-dealkylation sites (tertiary alicyclic amines) is 1. The third kappa shape index (κ3) is 4.80. The molecule has 1 aromatic rings. The lowest BCUT2D eigenvalue weighted by atomic mass is 10.1. The number of carbonyl (C=O) groups is 1. The maximum absolute atomic E-state index is 13.7. The predicted octanol–water partition coefficient (Wildman–Crippen LogP) is 4.20. The summed E-state index contributed by atoms with van der Waals surface area (Å²) in [5, 5.41) is 0. The summed E-state index contributed by atoms with van der Waals surface area (Å²) in [6.45, 7) is 8.72. The van der Waals surface area contributed by atoms with Crippen LogP contribution in [-0.4, -0.2) is 48.9 Å². The molecule has 0 atom stereocenters. The van der Waals surface area contributed by atoms with E-state index in [9.17, 15) is 9.18 Å². The van der Waals surface area contributed by atoms with Crippen LogP contribution in [0.15, 0.2) is 18.2 Å². The Morgan fingerprint density at radius 1 is 1.12 bits per heavy atom. The molecule has 2 saturated heterocycles. The van der Waals surface area contributed by atoms with Crippen molar-refractivity contribution >= 4 is 11.8 Å². The van der Waals surface area contributed by atoms with Gasteiger partial charge in [-0.05, 0) is 45.7 Å². The van der Waals surface area contributed by atoms with E-state index in [0.29, 0.717) is 13.1 Å². The summed E-state index contributed by atoms with van der Waals surface area (Å²) >= 11 is 0. The molecule has 2 fully saturated rings. The monoisotopic (exact) mass is 364 g/mol. The molecule has 0 saturated carbocycles. The van der Waals surface area contributed by atoms with Gasteiger partial charge in [0.25, 0.3) is 0 Å². The van der Waals surface area contributed by atoms with Crippen molar-refractivity contribution in [3.63, 3.8) is 0 Å². The largest absolute Gasteiger partial charge is 0.488 e. The SMILES string of the molecule is CC(C)(C)OC(=O)N1CCC(Oc2ccc(F)cc2N2CCCC2)CC1. The highest BCUT2D eigenvalue weighted by Gasteiger charge is 2.28. The Balaban J connectivity index is 1.59. The van der Waals surface area contributed by atoms with Crippen molar-refractivity contribution < 1.29 is 18.7 Å². The Morgan fingerprint density at radius 2 is 1.77 bits per heavy atom. The second-order valence-electron chi connectivity index (χ2n) is 8.09. The molecule has 3 rings (SSSR count). The molecule has 26 heavy (non-hydrogen) atoms. The number of piperidine rings is 1. The van der Waals surface area contributed by atoms with Gasteiger partial charge in [-0.25, -0.2) is 9.18 Å². The first kappa shape index (κ1) is 18.8. The highest BCUT2D eigenvalue weighted by Crippen LogP contribution is 2.33. The number of ether oxygens (including phenoxy) is 2. The summed E-state index contributed by atoms with van der Waals surface area (Å²) in [7, 11) is 0. The molecule has 2 heterocycles. The van der Waals surface area contributed by atoms with Gasteiger partial charge in [-0.3, -0.25) is 0 Å². The van der Waals surface area contributed by atoms with Crippen LogP contribution >= 0.6 is 0 Å². The Hall–Kier alpha value is -1.98. The summed E-state index contributed by atoms with van der Waals surface area (Å²) in [5.41, 5.74) is 0.362. The minimum atomic E-state index is -0.483. The summed E-state index contributed by atoms with van der Waals surface area (Å²) < 4.78 is 25.3. The minimum absolute atomic E-state index is 0.0282. The van der Waals surface area contributed by atoms with Crippen LogP contribution < -0.4 is 9.64 Å². The van der Waals surface area contributed by atoms with Gasteiger partial charge in [-0.2, -0.15) is 0 Å². The average molecular weight is 364 g/mol. The van der Waals surface area contributed by atoms with E-state index >= 15 is 0 Å². The van der Waals surface area contributed by atoms with Crippen molar-refractivity contribution in [3.05, 3.63) is 24.0 Å². The number of rotatable bonds is 3. The van der Waals surface area contributed by atoms with Crippen LogP contribution in [0.25, 0.3) is 0 Å². The Labute approximate surface area is 155 Å². The van der Waals surface area contributed by atoms with E-state index in [2.05, 4.69) is 4.90 Å². The Bertz CT molecular complexity index is 630. The number of amides is 1. The van der Waals surface area contributed by atoms with E-state index < -0.39 is 5.60 Å². The summed E-state index contributed by atoms with van der Waals surface area (Å²) in [5.74, 6) is 0.503. The zero-order valence-corrected chi connectivity index (χ0v) is 16.0. The first-order valence-corrected chi connectivity index (χ1v) is 9.51. The smallest absolute Gasteiger partial charge is 0.410 e.